The first-order valence-electron chi connectivity index (χ1n) is 6.93. The Morgan fingerprint density at radius 3 is 2.90 bits per heavy atom. The molecule has 0 aliphatic carbocycles. The van der Waals surface area contributed by atoms with Crippen LogP contribution >= 0.6 is 15.9 Å². The van der Waals surface area contributed by atoms with Crippen LogP contribution in [0.2, 0.25) is 0 Å². The minimum atomic E-state index is -0.336. The van der Waals surface area contributed by atoms with Gasteiger partial charge in [-0.3, -0.25) is 4.79 Å². The van der Waals surface area contributed by atoms with Gasteiger partial charge in [0.05, 0.1) is 10.5 Å². The van der Waals surface area contributed by atoms with Crippen LogP contribution in [0.25, 0.3) is 0 Å². The van der Waals surface area contributed by atoms with E-state index in [4.69, 9.17) is 0 Å². The summed E-state index contributed by atoms with van der Waals surface area (Å²) < 4.78 is 13.9. The molecular formula is C17H15BrFNO. The third-order valence-corrected chi connectivity index (χ3v) is 4.72. The van der Waals surface area contributed by atoms with Crippen LogP contribution in [0.15, 0.2) is 46.9 Å². The van der Waals surface area contributed by atoms with E-state index in [9.17, 15) is 9.18 Å². The molecule has 108 valence electrons. The summed E-state index contributed by atoms with van der Waals surface area (Å²) in [5.41, 5.74) is 2.94. The van der Waals surface area contributed by atoms with Crippen molar-refractivity contribution in [2.45, 2.75) is 18.9 Å². The topological polar surface area (TPSA) is 29.1 Å². The summed E-state index contributed by atoms with van der Waals surface area (Å²) in [6.45, 7) is 0.789. The number of hydrogen-bond acceptors (Lipinski definition) is 2. The molecular weight excluding hydrogens is 333 g/mol. The lowest BCUT2D eigenvalue weighted by Crippen LogP contribution is -2.35. The fraction of sp³-hybridized carbons (Fsp3) is 0.235. The largest absolute Gasteiger partial charge is 0.303 e. The van der Waals surface area contributed by atoms with E-state index in [1.165, 1.54) is 11.6 Å². The molecule has 4 heteroatoms. The molecule has 2 nitrogen and oxygen atoms in total. The highest BCUT2D eigenvalue weighted by molar-refractivity contribution is 9.10. The molecule has 1 aliphatic rings. The van der Waals surface area contributed by atoms with E-state index in [2.05, 4.69) is 27.3 Å². The number of ketones is 1. The first-order chi connectivity index (χ1) is 10.2. The molecule has 0 radical (unpaired) electrons. The maximum atomic E-state index is 13.5. The summed E-state index contributed by atoms with van der Waals surface area (Å²) in [5.74, 6) is -0.272. The summed E-state index contributed by atoms with van der Waals surface area (Å²) in [5, 5.41) is 3.27. The van der Waals surface area contributed by atoms with Gasteiger partial charge in [0.1, 0.15) is 5.82 Å². The monoisotopic (exact) mass is 347 g/mol. The molecule has 21 heavy (non-hydrogen) atoms. The lowest BCUT2D eigenvalue weighted by Gasteiger charge is -2.26. The van der Waals surface area contributed by atoms with Gasteiger partial charge in [-0.15, -0.1) is 0 Å². The molecule has 0 amide bonds. The van der Waals surface area contributed by atoms with Crippen molar-refractivity contribution in [3.8, 4) is 0 Å². The second-order valence-electron chi connectivity index (χ2n) is 5.19. The van der Waals surface area contributed by atoms with Crippen LogP contribution in [0.4, 0.5) is 4.39 Å². The van der Waals surface area contributed by atoms with E-state index in [-0.39, 0.29) is 24.1 Å². The van der Waals surface area contributed by atoms with Crippen molar-refractivity contribution in [3.05, 3.63) is 69.4 Å². The third kappa shape index (κ3) is 2.92. The van der Waals surface area contributed by atoms with Gasteiger partial charge >= 0.3 is 0 Å². The number of fused-ring (bicyclic) bond motifs is 1. The molecule has 2 aromatic rings. The Labute approximate surface area is 131 Å². The van der Waals surface area contributed by atoms with Crippen molar-refractivity contribution in [2.24, 2.45) is 0 Å². The fourth-order valence-corrected chi connectivity index (χ4v) is 3.17. The second-order valence-corrected chi connectivity index (χ2v) is 5.98. The standard InChI is InChI=1S/C17H15BrFNO/c18-16-12(5-3-7-14(16)19)10-15(21)17-13-6-2-1-4-11(13)8-9-20-17/h1-7,17,20H,8-10H2. The Balaban J connectivity index is 1.85. The third-order valence-electron chi connectivity index (χ3n) is 3.83. The molecule has 0 fully saturated rings. The van der Waals surface area contributed by atoms with Crippen molar-refractivity contribution in [1.29, 1.82) is 0 Å². The first kappa shape index (κ1) is 14.4. The summed E-state index contributed by atoms with van der Waals surface area (Å²) in [4.78, 5) is 12.6. The summed E-state index contributed by atoms with van der Waals surface area (Å²) in [6, 6.07) is 12.5. The predicted molar refractivity (Wildman–Crippen MR) is 83.7 cm³/mol. The number of nitrogens with one attached hydrogen (secondary N) is 1. The zero-order valence-electron chi connectivity index (χ0n) is 11.4. The zero-order valence-corrected chi connectivity index (χ0v) is 13.0. The van der Waals surface area contributed by atoms with Crippen LogP contribution in [0.3, 0.4) is 0 Å². The highest BCUT2D eigenvalue weighted by atomic mass is 79.9. The lowest BCUT2D eigenvalue weighted by molar-refractivity contribution is -0.120. The number of carbonyl (C=O) groups is 1. The van der Waals surface area contributed by atoms with Crippen molar-refractivity contribution in [3.63, 3.8) is 0 Å². The van der Waals surface area contributed by atoms with Crippen LogP contribution in [0, 0.1) is 5.82 Å². The normalized spacial score (nSPS) is 17.3. The van der Waals surface area contributed by atoms with Crippen LogP contribution < -0.4 is 5.32 Å². The van der Waals surface area contributed by atoms with Gasteiger partial charge < -0.3 is 5.32 Å². The van der Waals surface area contributed by atoms with Crippen molar-refractivity contribution in [2.75, 3.05) is 6.54 Å². The highest BCUT2D eigenvalue weighted by Gasteiger charge is 2.26. The quantitative estimate of drug-likeness (QED) is 0.919. The molecule has 1 atom stereocenters. The van der Waals surface area contributed by atoms with Crippen LogP contribution in [-0.2, 0) is 17.6 Å². The SMILES string of the molecule is O=C(Cc1cccc(F)c1Br)C1NCCc2ccccc21. The van der Waals surface area contributed by atoms with E-state index >= 15 is 0 Å². The Bertz CT molecular complexity index is 686. The molecule has 1 unspecified atom stereocenters. The van der Waals surface area contributed by atoms with Gasteiger partial charge in [0.15, 0.2) is 5.78 Å². The Morgan fingerprint density at radius 1 is 1.24 bits per heavy atom. The van der Waals surface area contributed by atoms with E-state index in [0.29, 0.717) is 10.0 Å². The van der Waals surface area contributed by atoms with Gasteiger partial charge in [0.2, 0.25) is 0 Å². The molecule has 0 bridgehead atoms. The smallest absolute Gasteiger partial charge is 0.158 e. The van der Waals surface area contributed by atoms with E-state index in [1.807, 2.05) is 18.2 Å². The molecule has 0 saturated heterocycles. The number of benzene rings is 2. The Morgan fingerprint density at radius 2 is 2.05 bits per heavy atom. The summed E-state index contributed by atoms with van der Waals surface area (Å²) in [7, 11) is 0. The number of carbonyl (C=O) groups excluding carboxylic acids is 1. The van der Waals surface area contributed by atoms with E-state index in [0.717, 1.165) is 18.5 Å². The maximum Gasteiger partial charge on any atom is 0.158 e. The zero-order chi connectivity index (χ0) is 14.8. The molecule has 1 N–H and O–H groups in total. The molecule has 1 heterocycles. The number of halogens is 2. The number of hydrogen-bond donors (Lipinski definition) is 1. The fourth-order valence-electron chi connectivity index (χ4n) is 2.77. The van der Waals surface area contributed by atoms with Gasteiger partial charge in [0.25, 0.3) is 0 Å². The van der Waals surface area contributed by atoms with Crippen molar-refractivity contribution < 1.29 is 9.18 Å². The van der Waals surface area contributed by atoms with Crippen LogP contribution in [0.1, 0.15) is 22.7 Å². The molecule has 0 spiro atoms. The van der Waals surface area contributed by atoms with E-state index in [1.54, 1.807) is 12.1 Å². The van der Waals surface area contributed by atoms with Gasteiger partial charge in [0, 0.05) is 13.0 Å². The van der Waals surface area contributed by atoms with Crippen molar-refractivity contribution in [1.82, 2.24) is 5.32 Å². The van der Waals surface area contributed by atoms with Gasteiger partial charge in [-0.1, -0.05) is 36.4 Å². The summed E-state index contributed by atoms with van der Waals surface area (Å²) >= 11 is 3.22. The average Bonchev–Trinajstić information content (AvgIpc) is 2.51. The molecule has 1 aliphatic heterocycles. The maximum absolute atomic E-state index is 13.5. The molecule has 3 rings (SSSR count). The van der Waals surface area contributed by atoms with Gasteiger partial charge in [-0.2, -0.15) is 0 Å². The number of Topliss-reactive ketones (excluding diaryl/α,β-unsaturated/α-hetero) is 1. The first-order valence-corrected chi connectivity index (χ1v) is 7.73. The van der Waals surface area contributed by atoms with Crippen LogP contribution in [0.5, 0.6) is 0 Å². The lowest BCUT2D eigenvalue weighted by atomic mass is 9.90. The Kier molecular flexibility index (Phi) is 4.17. The minimum absolute atomic E-state index is 0.0634. The molecule has 0 saturated carbocycles. The van der Waals surface area contributed by atoms with Crippen LogP contribution in [-0.4, -0.2) is 12.3 Å². The summed E-state index contributed by atoms with van der Waals surface area (Å²) in [6.07, 6.45) is 1.15. The molecule has 0 aromatic heterocycles. The average molecular weight is 348 g/mol. The van der Waals surface area contributed by atoms with E-state index < -0.39 is 0 Å². The Hall–Kier alpha value is -1.52. The second kappa shape index (κ2) is 6.08. The number of rotatable bonds is 3. The minimum Gasteiger partial charge on any atom is -0.303 e. The predicted octanol–water partition coefficient (Wildman–Crippen LogP) is 3.59. The van der Waals surface area contributed by atoms with Gasteiger partial charge in [-0.25, -0.2) is 4.39 Å². The van der Waals surface area contributed by atoms with Gasteiger partial charge in [-0.05, 0) is 45.1 Å². The highest BCUT2D eigenvalue weighted by Crippen LogP contribution is 2.27. The molecule has 2 aromatic carbocycles. The van der Waals surface area contributed by atoms with Crippen molar-refractivity contribution >= 4 is 21.7 Å².